The molecule has 0 spiro atoms. The summed E-state index contributed by atoms with van der Waals surface area (Å²) in [5, 5.41) is 10.8. The van der Waals surface area contributed by atoms with Crippen LogP contribution in [0.1, 0.15) is 63.3 Å². The van der Waals surface area contributed by atoms with E-state index in [4.69, 9.17) is 0 Å². The average molecular weight is 445 g/mol. The van der Waals surface area contributed by atoms with Crippen LogP contribution in [-0.4, -0.2) is 19.2 Å². The molecular formula is C21H30Cl2OSiTi-2. The van der Waals surface area contributed by atoms with E-state index in [0.29, 0.717) is 5.75 Å². The van der Waals surface area contributed by atoms with Crippen molar-refractivity contribution >= 4 is 19.2 Å². The predicted octanol–water partition coefficient (Wildman–Crippen LogP) is -1.53. The first-order valence-corrected chi connectivity index (χ1v) is 9.47. The monoisotopic (exact) mass is 444 g/mol. The maximum absolute atomic E-state index is 10.0. The molecule has 5 heteroatoms. The van der Waals surface area contributed by atoms with Crippen molar-refractivity contribution in [2.24, 2.45) is 0 Å². The number of hydrogen-bond acceptors (Lipinski definition) is 1. The van der Waals surface area contributed by atoms with Gasteiger partial charge in [0.25, 0.3) is 0 Å². The summed E-state index contributed by atoms with van der Waals surface area (Å²) in [5.41, 5.74) is 4.64. The second kappa shape index (κ2) is 14.0. The van der Waals surface area contributed by atoms with E-state index in [2.05, 4.69) is 90.8 Å². The molecule has 0 saturated heterocycles. The molecule has 0 amide bonds. The van der Waals surface area contributed by atoms with Gasteiger partial charge in [0, 0.05) is 0 Å². The van der Waals surface area contributed by atoms with E-state index in [1.807, 2.05) is 19.1 Å². The van der Waals surface area contributed by atoms with E-state index in [-0.39, 0.29) is 30.2 Å². The predicted molar refractivity (Wildman–Crippen MR) is 104 cm³/mol. The molecule has 0 aliphatic heterocycles. The fourth-order valence-electron chi connectivity index (χ4n) is 2.42. The maximum Gasteiger partial charge on any atom is 0.117 e. The Morgan fingerprint density at radius 3 is 1.81 bits per heavy atom. The van der Waals surface area contributed by atoms with Crippen molar-refractivity contribution in [2.75, 3.05) is 0 Å². The van der Waals surface area contributed by atoms with Crippen LogP contribution in [0.5, 0.6) is 5.75 Å². The average Bonchev–Trinajstić information content (AvgIpc) is 3.00. The zero-order valence-electron chi connectivity index (χ0n) is 17.1. The smallest absolute Gasteiger partial charge is 0.117 e. The molecule has 0 atom stereocenters. The van der Waals surface area contributed by atoms with E-state index >= 15 is 0 Å². The molecule has 3 radical (unpaired) electrons. The fourth-order valence-corrected chi connectivity index (χ4v) is 3.17. The summed E-state index contributed by atoms with van der Waals surface area (Å²) in [6, 6.07) is 0. The Kier molecular flexibility index (Phi) is 16.4. The van der Waals surface area contributed by atoms with Gasteiger partial charge in [0.1, 0.15) is 5.75 Å². The maximum atomic E-state index is 10.0. The number of halogens is 2. The molecule has 1 aromatic carbocycles. The first-order valence-electron chi connectivity index (χ1n) is 8.19. The second-order valence-electron chi connectivity index (χ2n) is 7.23. The Labute approximate surface area is 187 Å². The quantitative estimate of drug-likeness (QED) is 0.380. The topological polar surface area (TPSA) is 20.2 Å². The summed E-state index contributed by atoms with van der Waals surface area (Å²) >= 11 is 2.08. The van der Waals surface area contributed by atoms with Crippen LogP contribution >= 0.6 is 0 Å². The summed E-state index contributed by atoms with van der Waals surface area (Å²) in [4.78, 5) is 0. The Bertz CT molecular complexity index is 601. The van der Waals surface area contributed by atoms with Crippen LogP contribution < -0.4 is 30.0 Å². The van der Waals surface area contributed by atoms with Crippen LogP contribution in [0.15, 0.2) is 18.2 Å². The second-order valence-corrected chi connectivity index (χ2v) is 9.29. The summed E-state index contributed by atoms with van der Waals surface area (Å²) < 4.78 is 1.42. The standard InChI is InChI=1S/C13H19OSi.C5H5.C3H6.2ClH.Ti/c1-7-8(2)10(13(4,5)6)12(15)11(14)9(7)3;1-2-4-5-3-1;1-3-2;;;/h14H,1-6H3;1-3H,4H2;1-2H3;2*1H;/q;-1;;;;+1/p-2. The molecule has 144 valence electrons. The van der Waals surface area contributed by atoms with E-state index in [1.54, 1.807) is 0 Å². The van der Waals surface area contributed by atoms with Crippen LogP contribution in [0.4, 0.5) is 0 Å². The molecule has 1 N–H and O–H groups in total. The number of allylic oxidation sites excluding steroid dienone is 4. The molecule has 0 heterocycles. The third-order valence-corrected chi connectivity index (χ3v) is 4.16. The SMILES string of the molecule is C[C](C)=[Ti+].Cc1c(C)c(O)c([Si])c(C(C)(C)C)c1C.[C-]1=CC=CC1.[Cl-].[Cl-]. The van der Waals surface area contributed by atoms with Gasteiger partial charge in [0.2, 0.25) is 0 Å². The van der Waals surface area contributed by atoms with Gasteiger partial charge in [0.15, 0.2) is 0 Å². The van der Waals surface area contributed by atoms with Crippen LogP contribution in [0.2, 0.25) is 0 Å². The Morgan fingerprint density at radius 1 is 1.08 bits per heavy atom. The van der Waals surface area contributed by atoms with Crippen molar-refractivity contribution in [3.05, 3.63) is 46.6 Å². The fraction of sp³-hybridized carbons (Fsp3) is 0.476. The van der Waals surface area contributed by atoms with Crippen LogP contribution in [0.25, 0.3) is 0 Å². The molecular weight excluding hydrogens is 415 g/mol. The molecule has 1 aliphatic carbocycles. The molecule has 1 aliphatic rings. The number of benzene rings is 1. The van der Waals surface area contributed by atoms with Gasteiger partial charge in [-0.1, -0.05) is 20.8 Å². The van der Waals surface area contributed by atoms with E-state index < -0.39 is 0 Å². The summed E-state index contributed by atoms with van der Waals surface area (Å²) in [6.45, 7) is 16.8. The molecule has 1 aromatic rings. The number of phenols is 1. The van der Waals surface area contributed by atoms with Crippen molar-refractivity contribution in [3.8, 4) is 5.75 Å². The number of aromatic hydroxyl groups is 1. The summed E-state index contributed by atoms with van der Waals surface area (Å²) in [7, 11) is 3.56. The molecule has 26 heavy (non-hydrogen) atoms. The van der Waals surface area contributed by atoms with Gasteiger partial charge in [0.05, 0.1) is 10.2 Å². The Balaban J connectivity index is -0.000000400. The molecule has 0 bridgehead atoms. The number of rotatable bonds is 0. The van der Waals surface area contributed by atoms with Gasteiger partial charge in [-0.25, -0.2) is 12.2 Å². The van der Waals surface area contributed by atoms with Crippen LogP contribution in [0, 0.1) is 26.8 Å². The van der Waals surface area contributed by atoms with Gasteiger partial charge in [-0.15, -0.1) is 6.42 Å². The van der Waals surface area contributed by atoms with E-state index in [1.165, 1.54) is 20.5 Å². The van der Waals surface area contributed by atoms with Crippen molar-refractivity contribution in [2.45, 2.75) is 67.2 Å². The van der Waals surface area contributed by atoms with Crippen molar-refractivity contribution < 1.29 is 49.9 Å². The number of phenolic OH excluding ortho intramolecular Hbond substituents is 1. The van der Waals surface area contributed by atoms with Crippen LogP contribution in [0.3, 0.4) is 0 Å². The van der Waals surface area contributed by atoms with E-state index in [0.717, 1.165) is 17.2 Å². The normalized spacial score (nSPS) is 11.3. The molecule has 1 nitrogen and oxygen atoms in total. The molecule has 0 fully saturated rings. The minimum absolute atomic E-state index is 0. The molecule has 0 unspecified atom stereocenters. The van der Waals surface area contributed by atoms with Gasteiger partial charge in [-0.3, -0.25) is 6.08 Å². The van der Waals surface area contributed by atoms with Crippen molar-refractivity contribution in [1.29, 1.82) is 0 Å². The Hall–Kier alpha value is -0.119. The summed E-state index contributed by atoms with van der Waals surface area (Å²) in [6.07, 6.45) is 10.0. The minimum atomic E-state index is 0. The first kappa shape index (κ1) is 30.6. The van der Waals surface area contributed by atoms with Gasteiger partial charge in [-0.05, 0) is 53.6 Å². The largest absolute Gasteiger partial charge is 1.00 e. The minimum Gasteiger partial charge on any atom is -1.00 e. The molecule has 0 aromatic heterocycles. The zero-order chi connectivity index (χ0) is 19.1. The van der Waals surface area contributed by atoms with Crippen LogP contribution in [-0.2, 0) is 25.4 Å². The third kappa shape index (κ3) is 10.3. The molecule has 2 rings (SSSR count). The van der Waals surface area contributed by atoms with E-state index in [9.17, 15) is 5.11 Å². The van der Waals surface area contributed by atoms with Gasteiger partial charge < -0.3 is 29.9 Å². The zero-order valence-corrected chi connectivity index (χ0v) is 21.2. The third-order valence-electron chi connectivity index (χ3n) is 3.68. The number of hydrogen-bond donors (Lipinski definition) is 1. The first-order chi connectivity index (χ1) is 10.9. The van der Waals surface area contributed by atoms with Crippen molar-refractivity contribution in [1.82, 2.24) is 0 Å². The molecule has 0 saturated carbocycles. The summed E-state index contributed by atoms with van der Waals surface area (Å²) in [5.74, 6) is 0.375. The Morgan fingerprint density at radius 2 is 1.54 bits per heavy atom. The van der Waals surface area contributed by atoms with Gasteiger partial charge in [-0.2, -0.15) is 6.08 Å². The van der Waals surface area contributed by atoms with Gasteiger partial charge >= 0.3 is 37.6 Å². The van der Waals surface area contributed by atoms with Crippen molar-refractivity contribution in [3.63, 3.8) is 0 Å².